The highest BCUT2D eigenvalue weighted by molar-refractivity contribution is 7.15. The average molecular weight is 318 g/mol. The van der Waals surface area contributed by atoms with Crippen LogP contribution in [0.4, 0.5) is 4.39 Å². The summed E-state index contributed by atoms with van der Waals surface area (Å²) in [5.74, 6) is 0.149. The quantitative estimate of drug-likeness (QED) is 0.568. The number of thiazole rings is 1. The number of hydrogen-bond donors (Lipinski definition) is 0. The summed E-state index contributed by atoms with van der Waals surface area (Å²) >= 11 is 7.63. The molecule has 0 saturated heterocycles. The number of benzene rings is 2. The van der Waals surface area contributed by atoms with E-state index >= 15 is 0 Å². The number of aryl methyl sites for hydroxylation is 1. The maximum Gasteiger partial charge on any atom is 0.124 e. The number of halogens is 2. The lowest BCUT2D eigenvalue weighted by Gasteiger charge is -1.99. The molecule has 0 aliphatic rings. The third-order valence-corrected chi connectivity index (χ3v) is 4.73. The van der Waals surface area contributed by atoms with E-state index in [4.69, 9.17) is 16.6 Å². The monoisotopic (exact) mass is 317 g/mol. The number of hydrogen-bond acceptors (Lipinski definition) is 2. The smallest absolute Gasteiger partial charge is 0.124 e. The van der Waals surface area contributed by atoms with Crippen LogP contribution in [0, 0.1) is 12.7 Å². The number of aromatic nitrogens is 1. The van der Waals surface area contributed by atoms with Crippen molar-refractivity contribution in [1.82, 2.24) is 4.98 Å². The van der Waals surface area contributed by atoms with Crippen molar-refractivity contribution < 1.29 is 4.39 Å². The maximum absolute atomic E-state index is 13.1. The van der Waals surface area contributed by atoms with Crippen LogP contribution < -0.4 is 0 Å². The Hall–Kier alpha value is -1.71. The summed E-state index contributed by atoms with van der Waals surface area (Å²) in [5.41, 5.74) is 4.01. The lowest BCUT2D eigenvalue weighted by molar-refractivity contribution is 0.628. The van der Waals surface area contributed by atoms with Gasteiger partial charge in [0.1, 0.15) is 10.8 Å². The van der Waals surface area contributed by atoms with E-state index in [1.165, 1.54) is 17.7 Å². The molecule has 0 radical (unpaired) electrons. The van der Waals surface area contributed by atoms with Crippen molar-refractivity contribution in [2.75, 3.05) is 0 Å². The first-order valence-corrected chi connectivity index (χ1v) is 7.91. The topological polar surface area (TPSA) is 12.9 Å². The zero-order valence-electron chi connectivity index (χ0n) is 11.4. The molecule has 4 heteroatoms. The molecule has 0 spiro atoms. The summed E-state index contributed by atoms with van der Waals surface area (Å²) in [4.78, 5) is 5.70. The van der Waals surface area contributed by atoms with Crippen LogP contribution in [0.2, 0.25) is 0 Å². The molecule has 0 unspecified atom stereocenters. The maximum atomic E-state index is 13.1. The van der Waals surface area contributed by atoms with E-state index in [0.717, 1.165) is 26.7 Å². The Morgan fingerprint density at radius 2 is 1.86 bits per heavy atom. The molecule has 1 heterocycles. The molecular weight excluding hydrogens is 305 g/mol. The van der Waals surface area contributed by atoms with Crippen molar-refractivity contribution in [3.8, 4) is 21.8 Å². The van der Waals surface area contributed by atoms with Crippen LogP contribution in [0.1, 0.15) is 10.4 Å². The molecule has 0 aliphatic heterocycles. The molecule has 106 valence electrons. The molecule has 0 N–H and O–H groups in total. The van der Waals surface area contributed by atoms with Gasteiger partial charge in [-0.3, -0.25) is 0 Å². The summed E-state index contributed by atoms with van der Waals surface area (Å²) in [6.07, 6.45) is 0. The van der Waals surface area contributed by atoms with E-state index in [9.17, 15) is 4.39 Å². The van der Waals surface area contributed by atoms with Gasteiger partial charge in [0.05, 0.1) is 11.6 Å². The standard InChI is InChI=1S/C17H13ClFNS/c1-11-3-2-4-13(9-11)17-20-16(15(10-18)21-17)12-5-7-14(19)8-6-12/h2-9H,10H2,1H3. The lowest BCUT2D eigenvalue weighted by Crippen LogP contribution is -1.84. The fourth-order valence-electron chi connectivity index (χ4n) is 2.18. The van der Waals surface area contributed by atoms with Crippen molar-refractivity contribution in [1.29, 1.82) is 0 Å². The molecule has 0 atom stereocenters. The molecule has 0 amide bonds. The summed E-state index contributed by atoms with van der Waals surface area (Å²) in [6, 6.07) is 14.6. The van der Waals surface area contributed by atoms with E-state index in [0.29, 0.717) is 5.88 Å². The van der Waals surface area contributed by atoms with E-state index in [1.807, 2.05) is 12.1 Å². The van der Waals surface area contributed by atoms with E-state index < -0.39 is 0 Å². The highest BCUT2D eigenvalue weighted by Crippen LogP contribution is 2.35. The molecule has 3 aromatic rings. The molecule has 1 nitrogen and oxygen atoms in total. The highest BCUT2D eigenvalue weighted by atomic mass is 35.5. The molecule has 0 fully saturated rings. The SMILES string of the molecule is Cc1cccc(-c2nc(-c3ccc(F)cc3)c(CCl)s2)c1. The lowest BCUT2D eigenvalue weighted by atomic mass is 10.1. The third kappa shape index (κ3) is 2.99. The molecule has 2 aromatic carbocycles. The zero-order valence-corrected chi connectivity index (χ0v) is 13.0. The van der Waals surface area contributed by atoms with Crippen LogP contribution in [0.15, 0.2) is 48.5 Å². The minimum Gasteiger partial charge on any atom is -0.236 e. The van der Waals surface area contributed by atoms with Crippen molar-refractivity contribution in [2.45, 2.75) is 12.8 Å². The number of nitrogens with zero attached hydrogens (tertiary/aromatic N) is 1. The van der Waals surface area contributed by atoms with Crippen molar-refractivity contribution >= 4 is 22.9 Å². The van der Waals surface area contributed by atoms with Gasteiger partial charge in [-0.05, 0) is 37.3 Å². The normalized spacial score (nSPS) is 10.8. The van der Waals surface area contributed by atoms with Crippen LogP contribution in [0.5, 0.6) is 0 Å². The summed E-state index contributed by atoms with van der Waals surface area (Å²) in [5, 5.41) is 0.939. The summed E-state index contributed by atoms with van der Waals surface area (Å²) < 4.78 is 13.1. The molecule has 0 saturated carbocycles. The van der Waals surface area contributed by atoms with Gasteiger partial charge >= 0.3 is 0 Å². The Kier molecular flexibility index (Phi) is 4.04. The number of rotatable bonds is 3. The fourth-order valence-corrected chi connectivity index (χ4v) is 3.40. The first-order valence-electron chi connectivity index (χ1n) is 6.56. The Morgan fingerprint density at radius 1 is 1.10 bits per heavy atom. The zero-order chi connectivity index (χ0) is 14.8. The van der Waals surface area contributed by atoms with E-state index in [1.54, 1.807) is 23.5 Å². The van der Waals surface area contributed by atoms with Gasteiger partial charge in [-0.25, -0.2) is 9.37 Å². The van der Waals surface area contributed by atoms with E-state index in [2.05, 4.69) is 19.1 Å². The van der Waals surface area contributed by atoms with Crippen LogP contribution >= 0.6 is 22.9 Å². The predicted octanol–water partition coefficient (Wildman–Crippen LogP) is 5.66. The minimum absolute atomic E-state index is 0.250. The summed E-state index contributed by atoms with van der Waals surface area (Å²) in [6.45, 7) is 2.06. The van der Waals surface area contributed by atoms with Gasteiger partial charge in [-0.15, -0.1) is 22.9 Å². The summed E-state index contributed by atoms with van der Waals surface area (Å²) in [7, 11) is 0. The first-order chi connectivity index (χ1) is 10.2. The predicted molar refractivity (Wildman–Crippen MR) is 87.2 cm³/mol. The van der Waals surface area contributed by atoms with Gasteiger partial charge < -0.3 is 0 Å². The van der Waals surface area contributed by atoms with Crippen molar-refractivity contribution in [3.05, 3.63) is 64.8 Å². The Bertz CT molecular complexity index is 765. The molecular formula is C17H13ClFNS. The van der Waals surface area contributed by atoms with Gasteiger partial charge in [-0.1, -0.05) is 23.8 Å². The van der Waals surface area contributed by atoms with Gasteiger partial charge in [-0.2, -0.15) is 0 Å². The Morgan fingerprint density at radius 3 is 2.52 bits per heavy atom. The largest absolute Gasteiger partial charge is 0.236 e. The van der Waals surface area contributed by atoms with Crippen molar-refractivity contribution in [3.63, 3.8) is 0 Å². The molecule has 3 rings (SSSR count). The average Bonchev–Trinajstić information content (AvgIpc) is 2.92. The molecule has 1 aromatic heterocycles. The van der Waals surface area contributed by atoms with Crippen LogP contribution in [-0.2, 0) is 5.88 Å². The first kappa shape index (κ1) is 14.2. The van der Waals surface area contributed by atoms with Crippen LogP contribution in [0.25, 0.3) is 21.8 Å². The van der Waals surface area contributed by atoms with E-state index in [-0.39, 0.29) is 5.82 Å². The second-order valence-corrected chi connectivity index (χ2v) is 6.15. The Labute approximate surface area is 132 Å². The van der Waals surface area contributed by atoms with Gasteiger partial charge in [0.2, 0.25) is 0 Å². The second kappa shape index (κ2) is 5.96. The Balaban J connectivity index is 2.08. The highest BCUT2D eigenvalue weighted by Gasteiger charge is 2.13. The van der Waals surface area contributed by atoms with Crippen LogP contribution in [0.3, 0.4) is 0 Å². The van der Waals surface area contributed by atoms with Gasteiger partial charge in [0.25, 0.3) is 0 Å². The van der Waals surface area contributed by atoms with Crippen LogP contribution in [-0.4, -0.2) is 4.98 Å². The number of alkyl halides is 1. The van der Waals surface area contributed by atoms with Gasteiger partial charge in [0, 0.05) is 16.0 Å². The van der Waals surface area contributed by atoms with Crippen molar-refractivity contribution in [2.24, 2.45) is 0 Å². The van der Waals surface area contributed by atoms with Gasteiger partial charge in [0.15, 0.2) is 0 Å². The third-order valence-electron chi connectivity index (χ3n) is 3.20. The molecule has 0 bridgehead atoms. The fraction of sp³-hybridized carbons (Fsp3) is 0.118. The molecule has 0 aliphatic carbocycles. The molecule has 21 heavy (non-hydrogen) atoms. The minimum atomic E-state index is -0.250. The second-order valence-electron chi connectivity index (χ2n) is 4.80.